The lowest BCUT2D eigenvalue weighted by Crippen LogP contribution is -2.38. The van der Waals surface area contributed by atoms with Crippen LogP contribution in [0, 0.1) is 13.7 Å². The predicted molar refractivity (Wildman–Crippen MR) is 82.2 cm³/mol. The fourth-order valence-electron chi connectivity index (χ4n) is 1.54. The molecule has 0 spiro atoms. The van der Waals surface area contributed by atoms with Gasteiger partial charge in [-0.15, -0.1) is 0 Å². The molecule has 1 rings (SSSR count). The minimum absolute atomic E-state index is 0.0177. The van der Waals surface area contributed by atoms with Crippen molar-refractivity contribution in [2.45, 2.75) is 19.9 Å². The molecule has 0 aliphatic rings. The van der Waals surface area contributed by atoms with E-state index in [4.69, 9.17) is 0 Å². The molecule has 1 aromatic rings. The van der Waals surface area contributed by atoms with E-state index in [2.05, 4.69) is 5.32 Å². The molecule has 0 saturated carbocycles. The summed E-state index contributed by atoms with van der Waals surface area (Å²) in [6, 6.07) is 4.33. The molecule has 1 amide bonds. The molecule has 1 atom stereocenters. The Hall–Kier alpha value is -1.38. The zero-order chi connectivity index (χ0) is 14.6. The molecular weight excluding hydrogens is 361 g/mol. The molecule has 1 aromatic carbocycles. The van der Waals surface area contributed by atoms with Gasteiger partial charge in [0.1, 0.15) is 6.04 Å². The maximum atomic E-state index is 11.9. The Morgan fingerprint density at radius 3 is 2.68 bits per heavy atom. The fraction of sp³-hybridized carbons (Fsp3) is 0.417. The molecule has 7 heteroatoms. The number of nitrogens with zero attached hydrogens (tertiary/aromatic N) is 2. The quantitative estimate of drug-likeness (QED) is 0.486. The first-order valence-electron chi connectivity index (χ1n) is 5.82. The van der Waals surface area contributed by atoms with E-state index in [1.54, 1.807) is 31.0 Å². The van der Waals surface area contributed by atoms with Gasteiger partial charge in [0.15, 0.2) is 0 Å². The SMILES string of the molecule is CCN(C)C(=O)C(C)Nc1ccc([N+](=O)[O-])c(I)c1. The molecule has 6 nitrogen and oxygen atoms in total. The highest BCUT2D eigenvalue weighted by Crippen LogP contribution is 2.24. The third-order valence-corrected chi connectivity index (χ3v) is 3.61. The summed E-state index contributed by atoms with van der Waals surface area (Å²) in [4.78, 5) is 23.8. The first-order chi connectivity index (χ1) is 8.86. The smallest absolute Gasteiger partial charge is 0.282 e. The van der Waals surface area contributed by atoms with Crippen LogP contribution in [0.2, 0.25) is 0 Å². The van der Waals surface area contributed by atoms with Crippen molar-refractivity contribution < 1.29 is 9.72 Å². The topological polar surface area (TPSA) is 75.5 Å². The second-order valence-corrected chi connectivity index (χ2v) is 5.30. The Bertz CT molecular complexity index is 493. The molecule has 1 unspecified atom stereocenters. The molecule has 0 saturated heterocycles. The maximum absolute atomic E-state index is 11.9. The van der Waals surface area contributed by atoms with Gasteiger partial charge in [-0.25, -0.2) is 0 Å². The Kier molecular flexibility index (Phi) is 5.52. The van der Waals surface area contributed by atoms with Crippen LogP contribution in [0.15, 0.2) is 18.2 Å². The molecule has 0 heterocycles. The van der Waals surface area contributed by atoms with Crippen LogP contribution in [-0.2, 0) is 4.79 Å². The van der Waals surface area contributed by atoms with Crippen LogP contribution in [0.4, 0.5) is 11.4 Å². The molecule has 0 aliphatic heterocycles. The Morgan fingerprint density at radius 1 is 1.58 bits per heavy atom. The highest BCUT2D eigenvalue weighted by molar-refractivity contribution is 14.1. The van der Waals surface area contributed by atoms with E-state index in [0.717, 1.165) is 0 Å². The van der Waals surface area contributed by atoms with Gasteiger partial charge in [0.25, 0.3) is 5.69 Å². The van der Waals surface area contributed by atoms with Crippen molar-refractivity contribution in [2.24, 2.45) is 0 Å². The van der Waals surface area contributed by atoms with E-state index in [-0.39, 0.29) is 17.6 Å². The number of carbonyl (C=O) groups is 1. The number of hydrogen-bond acceptors (Lipinski definition) is 4. The van der Waals surface area contributed by atoms with E-state index < -0.39 is 4.92 Å². The monoisotopic (exact) mass is 377 g/mol. The molecular formula is C12H16IN3O3. The lowest BCUT2D eigenvalue weighted by molar-refractivity contribution is -0.385. The van der Waals surface area contributed by atoms with Crippen molar-refractivity contribution >= 4 is 39.9 Å². The number of anilines is 1. The average Bonchev–Trinajstić information content (AvgIpc) is 2.36. The zero-order valence-corrected chi connectivity index (χ0v) is 13.2. The van der Waals surface area contributed by atoms with Gasteiger partial charge < -0.3 is 10.2 Å². The van der Waals surface area contributed by atoms with Crippen molar-refractivity contribution in [3.8, 4) is 0 Å². The minimum atomic E-state index is -0.426. The summed E-state index contributed by atoms with van der Waals surface area (Å²) in [6.45, 7) is 4.31. The van der Waals surface area contributed by atoms with Crippen LogP contribution in [0.3, 0.4) is 0 Å². The highest BCUT2D eigenvalue weighted by Gasteiger charge is 2.17. The van der Waals surface area contributed by atoms with Crippen LogP contribution >= 0.6 is 22.6 Å². The number of nitro groups is 1. The number of likely N-dealkylation sites (N-methyl/N-ethyl adjacent to an activating group) is 1. The normalized spacial score (nSPS) is 11.8. The van der Waals surface area contributed by atoms with E-state index in [1.807, 2.05) is 29.5 Å². The third kappa shape index (κ3) is 4.05. The van der Waals surface area contributed by atoms with Crippen LogP contribution in [0.25, 0.3) is 0 Å². The summed E-state index contributed by atoms with van der Waals surface area (Å²) in [5.74, 6) is -0.0177. The number of rotatable bonds is 5. The van der Waals surface area contributed by atoms with Gasteiger partial charge in [-0.3, -0.25) is 14.9 Å². The van der Waals surface area contributed by atoms with Gasteiger partial charge >= 0.3 is 0 Å². The highest BCUT2D eigenvalue weighted by atomic mass is 127. The first-order valence-corrected chi connectivity index (χ1v) is 6.90. The second kappa shape index (κ2) is 6.69. The van der Waals surface area contributed by atoms with Gasteiger partial charge in [0.05, 0.1) is 8.49 Å². The molecule has 0 aliphatic carbocycles. The largest absolute Gasteiger partial charge is 0.374 e. The number of nitrogens with one attached hydrogen (secondary N) is 1. The lowest BCUT2D eigenvalue weighted by atomic mass is 10.2. The summed E-state index contributed by atoms with van der Waals surface area (Å²) in [7, 11) is 1.74. The summed E-state index contributed by atoms with van der Waals surface area (Å²) in [5.41, 5.74) is 0.760. The number of benzene rings is 1. The molecule has 19 heavy (non-hydrogen) atoms. The van der Waals surface area contributed by atoms with Gasteiger partial charge in [0, 0.05) is 25.3 Å². The zero-order valence-electron chi connectivity index (χ0n) is 11.0. The van der Waals surface area contributed by atoms with E-state index >= 15 is 0 Å². The van der Waals surface area contributed by atoms with E-state index in [1.165, 1.54) is 6.07 Å². The Labute approximate surface area is 125 Å². The number of halogens is 1. The van der Waals surface area contributed by atoms with Gasteiger partial charge in [-0.05, 0) is 48.6 Å². The Morgan fingerprint density at radius 2 is 2.21 bits per heavy atom. The van der Waals surface area contributed by atoms with Gasteiger partial charge in [-0.2, -0.15) is 0 Å². The molecule has 0 fully saturated rings. The maximum Gasteiger partial charge on any atom is 0.282 e. The summed E-state index contributed by atoms with van der Waals surface area (Å²) < 4.78 is 0.538. The predicted octanol–water partition coefficient (Wildman–Crippen LogP) is 2.48. The molecule has 0 aromatic heterocycles. The third-order valence-electron chi connectivity index (χ3n) is 2.75. The first kappa shape index (κ1) is 15.7. The van der Waals surface area contributed by atoms with E-state index in [0.29, 0.717) is 15.8 Å². The molecule has 104 valence electrons. The number of carbonyl (C=O) groups excluding carboxylic acids is 1. The van der Waals surface area contributed by atoms with Gasteiger partial charge in [-0.1, -0.05) is 0 Å². The van der Waals surface area contributed by atoms with Crippen molar-refractivity contribution in [3.63, 3.8) is 0 Å². The van der Waals surface area contributed by atoms with Crippen LogP contribution in [0.5, 0.6) is 0 Å². The number of nitro benzene ring substituents is 1. The fourth-order valence-corrected chi connectivity index (χ4v) is 2.26. The van der Waals surface area contributed by atoms with Crippen LogP contribution in [0.1, 0.15) is 13.8 Å². The molecule has 0 bridgehead atoms. The number of hydrogen-bond donors (Lipinski definition) is 1. The lowest BCUT2D eigenvalue weighted by Gasteiger charge is -2.21. The summed E-state index contributed by atoms with van der Waals surface area (Å²) in [5, 5.41) is 13.8. The molecule has 1 N–H and O–H groups in total. The average molecular weight is 377 g/mol. The van der Waals surface area contributed by atoms with Crippen molar-refractivity contribution in [2.75, 3.05) is 18.9 Å². The van der Waals surface area contributed by atoms with Gasteiger partial charge in [0.2, 0.25) is 5.91 Å². The van der Waals surface area contributed by atoms with Crippen molar-refractivity contribution in [1.82, 2.24) is 4.90 Å². The second-order valence-electron chi connectivity index (χ2n) is 4.14. The summed E-state index contributed by atoms with van der Waals surface area (Å²) >= 11 is 1.91. The number of amides is 1. The standard InChI is InChI=1S/C12H16IN3O3/c1-4-15(3)12(17)8(2)14-9-5-6-11(16(18)19)10(13)7-9/h5-8,14H,4H2,1-3H3. The van der Waals surface area contributed by atoms with Crippen molar-refractivity contribution in [1.29, 1.82) is 0 Å². The minimum Gasteiger partial charge on any atom is -0.374 e. The Balaban J connectivity index is 2.81. The van der Waals surface area contributed by atoms with Crippen molar-refractivity contribution in [3.05, 3.63) is 31.9 Å². The van der Waals surface area contributed by atoms with Crippen LogP contribution < -0.4 is 5.32 Å². The summed E-state index contributed by atoms with van der Waals surface area (Å²) in [6.07, 6.45) is 0. The van der Waals surface area contributed by atoms with E-state index in [9.17, 15) is 14.9 Å². The van der Waals surface area contributed by atoms with Crippen LogP contribution in [-0.4, -0.2) is 35.4 Å². The molecule has 0 radical (unpaired) electrons.